The van der Waals surface area contributed by atoms with E-state index in [4.69, 9.17) is 6.57 Å². The molecule has 0 aliphatic carbocycles. The Hall–Kier alpha value is -1.89. The number of aromatic amines is 1. The first-order valence-corrected chi connectivity index (χ1v) is 4.74. The molecule has 0 aliphatic heterocycles. The van der Waals surface area contributed by atoms with Gasteiger partial charge in [0.2, 0.25) is 0 Å². The molecule has 2 aromatic heterocycles. The summed E-state index contributed by atoms with van der Waals surface area (Å²) in [7, 11) is 0. The zero-order valence-corrected chi connectivity index (χ0v) is 9.00. The quantitative estimate of drug-likeness (QED) is 0.664. The molecule has 15 heavy (non-hydrogen) atoms. The summed E-state index contributed by atoms with van der Waals surface area (Å²) in [5, 5.41) is 7.44. The number of hydrogen-bond donors (Lipinski definition) is 1. The van der Waals surface area contributed by atoms with Gasteiger partial charge in [-0.05, 0) is 11.0 Å². The molecule has 0 saturated carbocycles. The third-order valence-corrected chi connectivity index (χ3v) is 2.37. The Balaban J connectivity index is 2.69. The maximum Gasteiger partial charge on any atom is 0.259 e. The van der Waals surface area contributed by atoms with Gasteiger partial charge in [0.25, 0.3) is 5.82 Å². The summed E-state index contributed by atoms with van der Waals surface area (Å²) in [6.45, 7) is 13.4. The van der Waals surface area contributed by atoms with Crippen molar-refractivity contribution in [2.45, 2.75) is 26.2 Å². The number of nitrogens with one attached hydrogen (secondary N) is 1. The van der Waals surface area contributed by atoms with Gasteiger partial charge in [0, 0.05) is 11.6 Å². The Kier molecular flexibility index (Phi) is 1.97. The van der Waals surface area contributed by atoms with Crippen molar-refractivity contribution in [3.8, 4) is 0 Å². The van der Waals surface area contributed by atoms with Crippen molar-refractivity contribution in [2.75, 3.05) is 0 Å². The standard InChI is InChI=1S/C11H12N4/c1-11(2,3)7-5-8-9(12-4)14-15-10(8)13-6-7/h5-6H,1-3H3,(H,13,14,15). The fraction of sp³-hybridized carbons (Fsp3) is 0.364. The van der Waals surface area contributed by atoms with Crippen molar-refractivity contribution in [1.29, 1.82) is 0 Å². The molecule has 1 N–H and O–H groups in total. The average molecular weight is 200 g/mol. The molecule has 0 aliphatic rings. The molecule has 0 radical (unpaired) electrons. The predicted molar refractivity (Wildman–Crippen MR) is 58.9 cm³/mol. The number of rotatable bonds is 0. The highest BCUT2D eigenvalue weighted by Crippen LogP contribution is 2.27. The van der Waals surface area contributed by atoms with E-state index in [0.29, 0.717) is 11.5 Å². The van der Waals surface area contributed by atoms with Crippen molar-refractivity contribution < 1.29 is 0 Å². The third-order valence-electron chi connectivity index (χ3n) is 2.37. The third kappa shape index (κ3) is 1.57. The SMILES string of the molecule is [C-]#[N+]c1[nH]nc2ncc(C(C)(C)C)cc12. The molecule has 0 fully saturated rings. The first-order valence-electron chi connectivity index (χ1n) is 4.74. The molecule has 4 nitrogen and oxygen atoms in total. The molecule has 2 heterocycles. The zero-order valence-electron chi connectivity index (χ0n) is 9.00. The molecule has 0 atom stereocenters. The Labute approximate surface area is 88.2 Å². The molecular formula is C11H12N4. The van der Waals surface area contributed by atoms with Crippen LogP contribution in [0.5, 0.6) is 0 Å². The number of pyridine rings is 1. The fourth-order valence-electron chi connectivity index (χ4n) is 1.38. The van der Waals surface area contributed by atoms with Crippen LogP contribution in [0, 0.1) is 6.57 Å². The van der Waals surface area contributed by atoms with Crippen LogP contribution in [-0.2, 0) is 5.41 Å². The van der Waals surface area contributed by atoms with E-state index >= 15 is 0 Å². The van der Waals surface area contributed by atoms with Crippen LogP contribution in [0.3, 0.4) is 0 Å². The van der Waals surface area contributed by atoms with Gasteiger partial charge in [0.15, 0.2) is 5.65 Å². The van der Waals surface area contributed by atoms with E-state index < -0.39 is 0 Å². The predicted octanol–water partition coefficient (Wildman–Crippen LogP) is 2.81. The van der Waals surface area contributed by atoms with Gasteiger partial charge in [-0.3, -0.25) is 0 Å². The Morgan fingerprint density at radius 2 is 2.13 bits per heavy atom. The van der Waals surface area contributed by atoms with E-state index in [1.165, 1.54) is 0 Å². The monoisotopic (exact) mass is 200 g/mol. The average Bonchev–Trinajstić information content (AvgIpc) is 2.57. The Morgan fingerprint density at radius 3 is 2.73 bits per heavy atom. The molecule has 2 aromatic rings. The van der Waals surface area contributed by atoms with Crippen molar-refractivity contribution in [1.82, 2.24) is 15.2 Å². The summed E-state index contributed by atoms with van der Waals surface area (Å²) < 4.78 is 0. The number of H-pyrrole nitrogens is 1. The van der Waals surface area contributed by atoms with E-state index in [1.54, 1.807) is 0 Å². The van der Waals surface area contributed by atoms with Crippen LogP contribution < -0.4 is 0 Å². The highest BCUT2D eigenvalue weighted by Gasteiger charge is 2.16. The van der Waals surface area contributed by atoms with Crippen molar-refractivity contribution in [3.05, 3.63) is 29.2 Å². The van der Waals surface area contributed by atoms with Crippen LogP contribution in [0.25, 0.3) is 15.9 Å². The minimum absolute atomic E-state index is 0.0394. The van der Waals surface area contributed by atoms with Crippen LogP contribution in [0.2, 0.25) is 0 Å². The zero-order chi connectivity index (χ0) is 11.1. The summed E-state index contributed by atoms with van der Waals surface area (Å²) in [5.41, 5.74) is 1.76. The van der Waals surface area contributed by atoms with Gasteiger partial charge < -0.3 is 4.85 Å². The topological polar surface area (TPSA) is 45.9 Å². The van der Waals surface area contributed by atoms with Crippen LogP contribution in [0.1, 0.15) is 26.3 Å². The van der Waals surface area contributed by atoms with Gasteiger partial charge >= 0.3 is 0 Å². The van der Waals surface area contributed by atoms with Crippen LogP contribution in [0.15, 0.2) is 12.3 Å². The fourth-order valence-corrected chi connectivity index (χ4v) is 1.38. The minimum atomic E-state index is 0.0394. The van der Waals surface area contributed by atoms with Crippen LogP contribution in [0.4, 0.5) is 5.82 Å². The maximum atomic E-state index is 6.99. The van der Waals surface area contributed by atoms with E-state index in [-0.39, 0.29) is 5.41 Å². The largest absolute Gasteiger partial charge is 0.362 e. The molecule has 2 rings (SSSR count). The lowest BCUT2D eigenvalue weighted by Crippen LogP contribution is -2.11. The van der Waals surface area contributed by atoms with E-state index in [0.717, 1.165) is 10.9 Å². The van der Waals surface area contributed by atoms with Gasteiger partial charge in [0.05, 0.1) is 0 Å². The second-order valence-electron chi connectivity index (χ2n) is 4.53. The van der Waals surface area contributed by atoms with Gasteiger partial charge in [-0.2, -0.15) is 0 Å². The molecule has 0 saturated heterocycles. The smallest absolute Gasteiger partial charge is 0.259 e. The molecule has 76 valence electrons. The summed E-state index contributed by atoms with van der Waals surface area (Å²) in [5.74, 6) is 0.462. The second kappa shape index (κ2) is 3.06. The van der Waals surface area contributed by atoms with Gasteiger partial charge in [0.1, 0.15) is 0 Å². The van der Waals surface area contributed by atoms with Crippen LogP contribution >= 0.6 is 0 Å². The summed E-state index contributed by atoms with van der Waals surface area (Å²) in [6.07, 6.45) is 1.82. The number of aromatic nitrogens is 3. The van der Waals surface area contributed by atoms with E-state index in [9.17, 15) is 0 Å². The van der Waals surface area contributed by atoms with Crippen molar-refractivity contribution in [2.24, 2.45) is 0 Å². The second-order valence-corrected chi connectivity index (χ2v) is 4.53. The molecular weight excluding hydrogens is 188 g/mol. The van der Waals surface area contributed by atoms with Gasteiger partial charge in [-0.15, -0.1) is 0 Å². The summed E-state index contributed by atoms with van der Waals surface area (Å²) in [4.78, 5) is 7.60. The van der Waals surface area contributed by atoms with Crippen molar-refractivity contribution >= 4 is 16.9 Å². The normalized spacial score (nSPS) is 11.6. The Morgan fingerprint density at radius 1 is 1.40 bits per heavy atom. The minimum Gasteiger partial charge on any atom is -0.362 e. The lowest BCUT2D eigenvalue weighted by Gasteiger charge is -2.18. The van der Waals surface area contributed by atoms with E-state index in [2.05, 4.69) is 40.8 Å². The molecule has 0 unspecified atom stereocenters. The number of nitrogens with zero attached hydrogens (tertiary/aromatic N) is 3. The molecule has 0 spiro atoms. The summed E-state index contributed by atoms with van der Waals surface area (Å²) >= 11 is 0. The number of hydrogen-bond acceptors (Lipinski definition) is 2. The van der Waals surface area contributed by atoms with E-state index in [1.807, 2.05) is 12.3 Å². The first kappa shape index (κ1) is 9.66. The van der Waals surface area contributed by atoms with Crippen molar-refractivity contribution in [3.63, 3.8) is 0 Å². The maximum absolute atomic E-state index is 6.99. The van der Waals surface area contributed by atoms with Gasteiger partial charge in [-0.25, -0.2) is 10.1 Å². The highest BCUT2D eigenvalue weighted by molar-refractivity contribution is 5.87. The van der Waals surface area contributed by atoms with Gasteiger partial charge in [-0.1, -0.05) is 38.5 Å². The molecule has 0 bridgehead atoms. The lowest BCUT2D eigenvalue weighted by atomic mass is 9.88. The summed E-state index contributed by atoms with van der Waals surface area (Å²) in [6, 6.07) is 1.99. The van der Waals surface area contributed by atoms with Crippen LogP contribution in [-0.4, -0.2) is 15.2 Å². The number of fused-ring (bicyclic) bond motifs is 1. The lowest BCUT2D eigenvalue weighted by molar-refractivity contribution is 0.588. The first-order chi connectivity index (χ1) is 7.02. The molecule has 4 heteroatoms. The Bertz CT molecular complexity index is 540. The molecule has 0 aromatic carbocycles. The molecule has 0 amide bonds. The highest BCUT2D eigenvalue weighted by atomic mass is 15.2.